The molecule has 2 atom stereocenters. The predicted molar refractivity (Wildman–Crippen MR) is 76.3 cm³/mol. The molecule has 18 heavy (non-hydrogen) atoms. The fraction of sp³-hybridized carbons (Fsp3) is 0.467. The fourth-order valence-electron chi connectivity index (χ4n) is 3.74. The van der Waals surface area contributed by atoms with Gasteiger partial charge in [-0.15, -0.1) is 11.8 Å². The van der Waals surface area contributed by atoms with Crippen LogP contribution < -0.4 is 4.90 Å². The van der Waals surface area contributed by atoms with Gasteiger partial charge in [0.05, 0.1) is 18.8 Å². The number of hydrogen-bond acceptors (Lipinski definition) is 1. The molecule has 1 fully saturated rings. The minimum atomic E-state index is 0.317. The lowest BCUT2D eigenvalue weighted by Gasteiger charge is -2.29. The van der Waals surface area contributed by atoms with Gasteiger partial charge in [0.2, 0.25) is 0 Å². The molecule has 2 aliphatic rings. The summed E-state index contributed by atoms with van der Waals surface area (Å²) in [6, 6.07) is 8.76. The van der Waals surface area contributed by atoms with Gasteiger partial charge in [-0.1, -0.05) is 18.2 Å². The Morgan fingerprint density at radius 1 is 1.28 bits per heavy atom. The molecule has 3 heteroatoms. The van der Waals surface area contributed by atoms with Gasteiger partial charge >= 0.3 is 0 Å². The Bertz CT molecular complexity index is 604. The summed E-state index contributed by atoms with van der Waals surface area (Å²) in [5.74, 6) is 1.25. The van der Waals surface area contributed by atoms with Crippen LogP contribution in [-0.4, -0.2) is 23.8 Å². The third kappa shape index (κ3) is 1.35. The molecule has 94 valence electrons. The molecule has 3 heterocycles. The lowest BCUT2D eigenvalue weighted by molar-refractivity contribution is -0.943. The van der Waals surface area contributed by atoms with Crippen LogP contribution in [0.1, 0.15) is 25.5 Å². The van der Waals surface area contributed by atoms with E-state index in [-0.39, 0.29) is 0 Å². The molecule has 2 N–H and O–H groups in total. The second-order valence-corrected chi connectivity index (χ2v) is 6.87. The molecule has 4 rings (SSSR count). The van der Waals surface area contributed by atoms with E-state index in [4.69, 9.17) is 0 Å². The maximum atomic E-state index is 3.73. The van der Waals surface area contributed by atoms with Crippen LogP contribution in [0.2, 0.25) is 0 Å². The molecule has 2 aromatic rings. The molecule has 2 unspecified atom stereocenters. The van der Waals surface area contributed by atoms with Crippen LogP contribution >= 0.6 is 11.8 Å². The number of benzene rings is 1. The van der Waals surface area contributed by atoms with Crippen LogP contribution in [0.3, 0.4) is 0 Å². The number of para-hydroxylation sites is 1. The Kier molecular flexibility index (Phi) is 2.30. The molecule has 0 saturated carbocycles. The summed E-state index contributed by atoms with van der Waals surface area (Å²) >= 11 is 2.05. The summed E-state index contributed by atoms with van der Waals surface area (Å²) in [4.78, 5) is 7.02. The second-order valence-electron chi connectivity index (χ2n) is 5.76. The number of thioether (sulfide) groups is 1. The lowest BCUT2D eigenvalue weighted by atomic mass is 9.94. The van der Waals surface area contributed by atoms with Crippen molar-refractivity contribution in [3.05, 3.63) is 30.0 Å². The van der Waals surface area contributed by atoms with Gasteiger partial charge < -0.3 is 9.88 Å². The Labute approximate surface area is 112 Å². The summed E-state index contributed by atoms with van der Waals surface area (Å²) in [7, 11) is 0. The number of quaternary nitrogens is 1. The summed E-state index contributed by atoms with van der Waals surface area (Å²) in [6.45, 7) is 5.10. The quantitative estimate of drug-likeness (QED) is 0.743. The first kappa shape index (κ1) is 10.9. The first-order chi connectivity index (χ1) is 8.79. The first-order valence-electron chi connectivity index (χ1n) is 6.88. The zero-order chi connectivity index (χ0) is 12.2. The highest BCUT2D eigenvalue weighted by Gasteiger charge is 2.46. The van der Waals surface area contributed by atoms with Gasteiger partial charge in [-0.2, -0.15) is 0 Å². The average molecular weight is 259 g/mol. The molecular weight excluding hydrogens is 240 g/mol. The van der Waals surface area contributed by atoms with Gasteiger partial charge in [0.25, 0.3) is 0 Å². The summed E-state index contributed by atoms with van der Waals surface area (Å²) in [6.07, 6.45) is 2.69. The van der Waals surface area contributed by atoms with Gasteiger partial charge in [0.1, 0.15) is 5.54 Å². The van der Waals surface area contributed by atoms with E-state index in [0.717, 1.165) is 0 Å². The normalized spacial score (nSPS) is 31.1. The summed E-state index contributed by atoms with van der Waals surface area (Å²) < 4.78 is 0. The van der Waals surface area contributed by atoms with Crippen molar-refractivity contribution in [1.29, 1.82) is 0 Å². The van der Waals surface area contributed by atoms with E-state index in [1.54, 1.807) is 4.90 Å². The number of nitrogens with one attached hydrogen (secondary N) is 2. The number of aromatic nitrogens is 1. The van der Waals surface area contributed by atoms with E-state index in [9.17, 15) is 0 Å². The zero-order valence-electron chi connectivity index (χ0n) is 10.8. The molecule has 2 nitrogen and oxygen atoms in total. The van der Waals surface area contributed by atoms with Crippen molar-refractivity contribution in [3.8, 4) is 0 Å². The standard InChI is InChI=1S/C15H18N2S/c1-15-7-4-8-17(15)9-10-18-13-11-5-2-3-6-12(11)16-14(13)15/h2-3,5-6,16H,4,7-10H2,1H3/p+1. The fourth-order valence-corrected chi connectivity index (χ4v) is 5.05. The van der Waals surface area contributed by atoms with E-state index >= 15 is 0 Å². The van der Waals surface area contributed by atoms with Crippen molar-refractivity contribution in [2.45, 2.75) is 30.2 Å². The summed E-state index contributed by atoms with van der Waals surface area (Å²) in [5, 5.41) is 1.42. The molecule has 0 radical (unpaired) electrons. The van der Waals surface area contributed by atoms with Crippen molar-refractivity contribution in [2.75, 3.05) is 18.8 Å². The third-order valence-electron chi connectivity index (χ3n) is 4.80. The number of H-pyrrole nitrogens is 1. The Hall–Kier alpha value is -0.930. The van der Waals surface area contributed by atoms with Crippen LogP contribution in [0, 0.1) is 0 Å². The monoisotopic (exact) mass is 259 g/mol. The predicted octanol–water partition coefficient (Wildman–Crippen LogP) is 2.17. The Balaban J connectivity index is 2.00. The maximum absolute atomic E-state index is 3.73. The van der Waals surface area contributed by atoms with Crippen molar-refractivity contribution < 1.29 is 4.90 Å². The minimum absolute atomic E-state index is 0.317. The van der Waals surface area contributed by atoms with Gasteiger partial charge in [0.15, 0.2) is 0 Å². The molecule has 0 bridgehead atoms. The van der Waals surface area contributed by atoms with Gasteiger partial charge in [0, 0.05) is 34.4 Å². The molecule has 1 saturated heterocycles. The molecule has 0 spiro atoms. The molecule has 0 amide bonds. The number of fused-ring (bicyclic) bond motifs is 5. The Morgan fingerprint density at radius 3 is 3.11 bits per heavy atom. The topological polar surface area (TPSA) is 20.2 Å². The highest BCUT2D eigenvalue weighted by atomic mass is 32.2. The molecule has 2 aliphatic heterocycles. The van der Waals surface area contributed by atoms with Gasteiger partial charge in [-0.3, -0.25) is 0 Å². The van der Waals surface area contributed by atoms with E-state index in [1.165, 1.54) is 53.2 Å². The van der Waals surface area contributed by atoms with Crippen molar-refractivity contribution in [1.82, 2.24) is 4.98 Å². The van der Waals surface area contributed by atoms with Crippen LogP contribution in [0.25, 0.3) is 10.9 Å². The van der Waals surface area contributed by atoms with E-state index in [0.29, 0.717) is 5.54 Å². The molecule has 1 aromatic carbocycles. The van der Waals surface area contributed by atoms with E-state index in [1.807, 2.05) is 11.8 Å². The highest BCUT2D eigenvalue weighted by molar-refractivity contribution is 7.99. The molecule has 0 aliphatic carbocycles. The van der Waals surface area contributed by atoms with Crippen molar-refractivity contribution in [2.24, 2.45) is 0 Å². The largest absolute Gasteiger partial charge is 0.352 e. The van der Waals surface area contributed by atoms with Crippen LogP contribution in [0.15, 0.2) is 29.2 Å². The minimum Gasteiger partial charge on any atom is -0.352 e. The molecule has 1 aromatic heterocycles. The SMILES string of the molecule is CC12CCC[NH+]1CCSc1c2[nH]c2ccccc12. The number of hydrogen-bond donors (Lipinski definition) is 2. The number of rotatable bonds is 0. The Morgan fingerprint density at radius 2 is 2.17 bits per heavy atom. The lowest BCUT2D eigenvalue weighted by Crippen LogP contribution is -3.16. The molecular formula is C15H19N2S+. The van der Waals surface area contributed by atoms with E-state index < -0.39 is 0 Å². The first-order valence-corrected chi connectivity index (χ1v) is 7.87. The highest BCUT2D eigenvalue weighted by Crippen LogP contribution is 2.40. The van der Waals surface area contributed by atoms with Crippen LogP contribution in [-0.2, 0) is 5.54 Å². The second kappa shape index (κ2) is 3.78. The smallest absolute Gasteiger partial charge is 0.137 e. The van der Waals surface area contributed by atoms with Crippen LogP contribution in [0.5, 0.6) is 0 Å². The number of aromatic amines is 1. The summed E-state index contributed by atoms with van der Waals surface area (Å²) in [5.41, 5.74) is 3.13. The average Bonchev–Trinajstić information content (AvgIpc) is 2.90. The third-order valence-corrected chi connectivity index (χ3v) is 5.92. The van der Waals surface area contributed by atoms with Crippen molar-refractivity contribution >= 4 is 22.7 Å². The van der Waals surface area contributed by atoms with Gasteiger partial charge in [-0.05, 0) is 13.0 Å². The van der Waals surface area contributed by atoms with Gasteiger partial charge in [-0.25, -0.2) is 0 Å². The van der Waals surface area contributed by atoms with E-state index in [2.05, 4.69) is 36.2 Å². The van der Waals surface area contributed by atoms with Crippen molar-refractivity contribution in [3.63, 3.8) is 0 Å². The maximum Gasteiger partial charge on any atom is 0.137 e. The zero-order valence-corrected chi connectivity index (χ0v) is 11.6. The van der Waals surface area contributed by atoms with Crippen LogP contribution in [0.4, 0.5) is 0 Å².